The second-order valence-electron chi connectivity index (χ2n) is 5.31. The molecule has 0 aromatic heterocycles. The molecule has 0 saturated carbocycles. The number of alkyl halides is 8. The summed E-state index contributed by atoms with van der Waals surface area (Å²) in [5, 5.41) is 17.4. The number of hydrogen-bond acceptors (Lipinski definition) is 4. The van der Waals surface area contributed by atoms with Crippen molar-refractivity contribution >= 4 is 11.9 Å². The molecule has 2 aliphatic heterocycles. The largest absolute Gasteiger partial charge is 0.490 e. The maximum Gasteiger partial charge on any atom is 0.490 e. The zero-order chi connectivity index (χ0) is 20.8. The van der Waals surface area contributed by atoms with E-state index in [0.717, 1.165) is 13.1 Å². The molecule has 2 aliphatic rings. The lowest BCUT2D eigenvalue weighted by atomic mass is 10.0. The number of carbonyl (C=O) groups is 2. The summed E-state index contributed by atoms with van der Waals surface area (Å²) < 4.78 is 88.9. The van der Waals surface area contributed by atoms with Gasteiger partial charge in [-0.1, -0.05) is 0 Å². The average Bonchev–Trinajstić information content (AvgIpc) is 2.38. The van der Waals surface area contributed by atoms with Crippen molar-refractivity contribution in [2.24, 2.45) is 0 Å². The Morgan fingerprint density at radius 2 is 1.19 bits per heavy atom. The molecule has 26 heavy (non-hydrogen) atoms. The number of piperidine rings is 1. The average molecular weight is 404 g/mol. The molecular formula is C12H16F8N2O4. The van der Waals surface area contributed by atoms with Crippen molar-refractivity contribution in [3.8, 4) is 0 Å². The van der Waals surface area contributed by atoms with Gasteiger partial charge in [-0.3, -0.25) is 4.90 Å². The Kier molecular flexibility index (Phi) is 8.69. The van der Waals surface area contributed by atoms with Crippen molar-refractivity contribution in [2.45, 2.75) is 37.2 Å². The topological polar surface area (TPSA) is 89.9 Å². The molecule has 0 aliphatic carbocycles. The van der Waals surface area contributed by atoms with Gasteiger partial charge in [0.05, 0.1) is 0 Å². The van der Waals surface area contributed by atoms with Crippen LogP contribution < -0.4 is 5.32 Å². The first-order valence-electron chi connectivity index (χ1n) is 6.99. The zero-order valence-corrected chi connectivity index (χ0v) is 13.0. The van der Waals surface area contributed by atoms with Gasteiger partial charge in [-0.25, -0.2) is 18.4 Å². The molecule has 0 atom stereocenters. The Morgan fingerprint density at radius 3 is 1.38 bits per heavy atom. The zero-order valence-electron chi connectivity index (χ0n) is 13.0. The summed E-state index contributed by atoms with van der Waals surface area (Å²) >= 11 is 0. The fraction of sp³-hybridized carbons (Fsp3) is 0.833. The number of carboxylic acid groups (broad SMARTS) is 2. The summed E-state index contributed by atoms with van der Waals surface area (Å²) in [7, 11) is 0. The van der Waals surface area contributed by atoms with Gasteiger partial charge in [-0.2, -0.15) is 26.3 Å². The molecule has 0 radical (unpaired) electrons. The molecule has 2 heterocycles. The van der Waals surface area contributed by atoms with Crippen molar-refractivity contribution in [2.75, 3.05) is 26.2 Å². The second-order valence-corrected chi connectivity index (χ2v) is 5.31. The molecule has 14 heteroatoms. The van der Waals surface area contributed by atoms with Crippen LogP contribution in [0.1, 0.15) is 12.8 Å². The minimum atomic E-state index is -5.08. The van der Waals surface area contributed by atoms with Gasteiger partial charge in [0.25, 0.3) is 5.92 Å². The number of halogens is 8. The van der Waals surface area contributed by atoms with E-state index in [1.807, 2.05) is 0 Å². The highest BCUT2D eigenvalue weighted by atomic mass is 19.4. The van der Waals surface area contributed by atoms with Gasteiger partial charge in [0.15, 0.2) is 0 Å². The fourth-order valence-corrected chi connectivity index (χ4v) is 1.75. The van der Waals surface area contributed by atoms with E-state index < -0.39 is 30.2 Å². The third kappa shape index (κ3) is 9.70. The van der Waals surface area contributed by atoms with E-state index in [0.29, 0.717) is 19.1 Å². The number of nitrogens with zero attached hydrogens (tertiary/aromatic N) is 1. The molecule has 3 N–H and O–H groups in total. The van der Waals surface area contributed by atoms with Crippen molar-refractivity contribution < 1.29 is 54.9 Å². The minimum absolute atomic E-state index is 0.0451. The monoisotopic (exact) mass is 404 g/mol. The summed E-state index contributed by atoms with van der Waals surface area (Å²) in [6.07, 6.45) is -10.1. The molecule has 2 rings (SSSR count). The van der Waals surface area contributed by atoms with Crippen LogP contribution in [-0.4, -0.2) is 77.5 Å². The van der Waals surface area contributed by atoms with Crippen LogP contribution in [0.25, 0.3) is 0 Å². The van der Waals surface area contributed by atoms with Crippen molar-refractivity contribution in [1.82, 2.24) is 10.2 Å². The molecule has 0 bridgehead atoms. The Labute approximate surface area is 141 Å². The Hall–Kier alpha value is -1.70. The number of carboxylic acids is 2. The van der Waals surface area contributed by atoms with Crippen LogP contribution in [0.2, 0.25) is 0 Å². The van der Waals surface area contributed by atoms with Crippen LogP contribution in [0.3, 0.4) is 0 Å². The summed E-state index contributed by atoms with van der Waals surface area (Å²) in [5.74, 6) is -7.91. The number of hydrogen-bond donors (Lipinski definition) is 3. The maximum absolute atomic E-state index is 12.7. The number of rotatable bonds is 1. The van der Waals surface area contributed by atoms with Crippen LogP contribution in [0, 0.1) is 0 Å². The van der Waals surface area contributed by atoms with Crippen LogP contribution in [-0.2, 0) is 9.59 Å². The molecule has 0 unspecified atom stereocenters. The fourth-order valence-electron chi connectivity index (χ4n) is 1.75. The van der Waals surface area contributed by atoms with Gasteiger partial charge in [0, 0.05) is 45.1 Å². The van der Waals surface area contributed by atoms with Gasteiger partial charge in [0.1, 0.15) is 0 Å². The minimum Gasteiger partial charge on any atom is -0.475 e. The number of aliphatic carboxylic acids is 2. The number of nitrogens with one attached hydrogen (secondary N) is 1. The molecule has 0 aromatic rings. The molecule has 0 amide bonds. The highest BCUT2D eigenvalue weighted by Crippen LogP contribution is 2.28. The quantitative estimate of drug-likeness (QED) is 0.579. The van der Waals surface area contributed by atoms with E-state index in [1.165, 1.54) is 0 Å². The normalized spacial score (nSPS) is 20.6. The Balaban J connectivity index is 0.000000390. The van der Waals surface area contributed by atoms with Crippen molar-refractivity contribution in [3.63, 3.8) is 0 Å². The Bertz CT molecular complexity index is 443. The van der Waals surface area contributed by atoms with Crippen LogP contribution in [0.4, 0.5) is 35.1 Å². The maximum atomic E-state index is 12.7. The second kappa shape index (κ2) is 9.30. The lowest BCUT2D eigenvalue weighted by molar-refractivity contribution is -0.193. The van der Waals surface area contributed by atoms with Crippen LogP contribution in [0.5, 0.6) is 0 Å². The van der Waals surface area contributed by atoms with Gasteiger partial charge in [-0.15, -0.1) is 0 Å². The summed E-state index contributed by atoms with van der Waals surface area (Å²) in [4.78, 5) is 20.0. The third-order valence-electron chi connectivity index (χ3n) is 3.29. The first kappa shape index (κ1) is 24.3. The predicted octanol–water partition coefficient (Wildman–Crippen LogP) is 1.96. The standard InChI is InChI=1S/C8H14F2N2.2C2HF3O2/c9-8(10)1-3-12(4-2-8)7-5-11-6-7;2*3-2(4,5)1(6)7/h7,11H,1-6H2;2*(H,6,7). The molecular weight excluding hydrogens is 388 g/mol. The first-order valence-corrected chi connectivity index (χ1v) is 6.99. The smallest absolute Gasteiger partial charge is 0.475 e. The van der Waals surface area contributed by atoms with Crippen LogP contribution >= 0.6 is 0 Å². The van der Waals surface area contributed by atoms with E-state index in [1.54, 1.807) is 0 Å². The molecule has 154 valence electrons. The SMILES string of the molecule is FC1(F)CCN(C2CNC2)CC1.O=C(O)C(F)(F)F.O=C(O)C(F)(F)F. The van der Waals surface area contributed by atoms with Gasteiger partial charge in [0.2, 0.25) is 0 Å². The van der Waals surface area contributed by atoms with Crippen LogP contribution in [0.15, 0.2) is 0 Å². The van der Waals surface area contributed by atoms with E-state index in [4.69, 9.17) is 19.8 Å². The van der Waals surface area contributed by atoms with E-state index in [9.17, 15) is 35.1 Å². The summed E-state index contributed by atoms with van der Waals surface area (Å²) in [6.45, 7) is 3.09. The highest BCUT2D eigenvalue weighted by Gasteiger charge is 2.39. The molecule has 6 nitrogen and oxygen atoms in total. The van der Waals surface area contributed by atoms with E-state index in [-0.39, 0.29) is 12.8 Å². The summed E-state index contributed by atoms with van der Waals surface area (Å²) in [5.41, 5.74) is 0. The lowest BCUT2D eigenvalue weighted by Gasteiger charge is -2.42. The molecule has 0 aromatic carbocycles. The van der Waals surface area contributed by atoms with E-state index >= 15 is 0 Å². The molecule has 0 spiro atoms. The van der Waals surface area contributed by atoms with Crippen molar-refractivity contribution in [1.29, 1.82) is 0 Å². The number of likely N-dealkylation sites (tertiary alicyclic amines) is 1. The predicted molar refractivity (Wildman–Crippen MR) is 69.8 cm³/mol. The van der Waals surface area contributed by atoms with Gasteiger partial charge in [-0.05, 0) is 0 Å². The first-order chi connectivity index (χ1) is 11.6. The third-order valence-corrected chi connectivity index (χ3v) is 3.29. The molecule has 2 fully saturated rings. The molecule has 2 saturated heterocycles. The lowest BCUT2D eigenvalue weighted by Crippen LogP contribution is -2.59. The van der Waals surface area contributed by atoms with Gasteiger partial charge >= 0.3 is 24.3 Å². The highest BCUT2D eigenvalue weighted by molar-refractivity contribution is 5.73. The van der Waals surface area contributed by atoms with Crippen molar-refractivity contribution in [3.05, 3.63) is 0 Å². The Morgan fingerprint density at radius 1 is 0.885 bits per heavy atom. The summed E-state index contributed by atoms with van der Waals surface area (Å²) in [6, 6.07) is 0.529. The van der Waals surface area contributed by atoms with E-state index in [2.05, 4.69) is 10.2 Å². The van der Waals surface area contributed by atoms with Gasteiger partial charge < -0.3 is 15.5 Å².